The van der Waals surface area contributed by atoms with Crippen molar-refractivity contribution < 1.29 is 19.0 Å². The van der Waals surface area contributed by atoms with Gasteiger partial charge in [-0.25, -0.2) is 14.8 Å². The molecule has 1 unspecified atom stereocenters. The van der Waals surface area contributed by atoms with Crippen molar-refractivity contribution in [3.8, 4) is 17.3 Å². The first-order valence-electron chi connectivity index (χ1n) is 15.2. The minimum absolute atomic E-state index is 0.0357. The summed E-state index contributed by atoms with van der Waals surface area (Å²) >= 11 is 6.19. The third-order valence-electron chi connectivity index (χ3n) is 7.33. The van der Waals surface area contributed by atoms with Crippen LogP contribution in [0.25, 0.3) is 11.3 Å². The van der Waals surface area contributed by atoms with Crippen LogP contribution in [0.2, 0.25) is 5.02 Å². The third-order valence-corrected chi connectivity index (χ3v) is 7.63. The molecule has 3 heterocycles. The Kier molecular flexibility index (Phi) is 13.5. The number of hydrogen-bond acceptors (Lipinski definition) is 10. The van der Waals surface area contributed by atoms with E-state index in [1.165, 1.54) is 38.3 Å². The van der Waals surface area contributed by atoms with Crippen molar-refractivity contribution in [3.05, 3.63) is 35.5 Å². The summed E-state index contributed by atoms with van der Waals surface area (Å²) < 4.78 is 15.9. The predicted molar refractivity (Wildman–Crippen MR) is 170 cm³/mol. The van der Waals surface area contributed by atoms with Crippen molar-refractivity contribution in [2.24, 2.45) is 5.41 Å². The number of halogens is 1. The highest BCUT2D eigenvalue weighted by Gasteiger charge is 2.32. The molecule has 0 radical (unpaired) electrons. The van der Waals surface area contributed by atoms with E-state index in [1.54, 1.807) is 6.07 Å². The van der Waals surface area contributed by atoms with E-state index in [-0.39, 0.29) is 18.6 Å². The summed E-state index contributed by atoms with van der Waals surface area (Å²) in [6.07, 6.45) is 9.49. The summed E-state index contributed by atoms with van der Waals surface area (Å²) in [5, 5.41) is 16.8. The molecular weight excluding hydrogens is 568 g/mol. The number of rotatable bonds is 10. The molecule has 1 atom stereocenters. The summed E-state index contributed by atoms with van der Waals surface area (Å²) in [7, 11) is 0. The number of nitrogens with one attached hydrogen (secondary N) is 2. The van der Waals surface area contributed by atoms with Crippen LogP contribution in [0, 0.1) is 16.7 Å². The van der Waals surface area contributed by atoms with E-state index in [0.717, 1.165) is 18.4 Å². The van der Waals surface area contributed by atoms with Gasteiger partial charge in [-0.15, -0.1) is 0 Å². The first-order valence-corrected chi connectivity index (χ1v) is 15.5. The molecule has 2 aliphatic rings. The molecule has 2 aromatic heterocycles. The van der Waals surface area contributed by atoms with Crippen molar-refractivity contribution in [3.63, 3.8) is 0 Å². The van der Waals surface area contributed by atoms with Crippen LogP contribution in [0.5, 0.6) is 0 Å². The quantitative estimate of drug-likeness (QED) is 0.282. The molecule has 10 nitrogen and oxygen atoms in total. The predicted octanol–water partition coefficient (Wildman–Crippen LogP) is 5.77. The summed E-state index contributed by atoms with van der Waals surface area (Å²) in [4.78, 5) is 20.0. The zero-order valence-corrected chi connectivity index (χ0v) is 26.7. The van der Waals surface area contributed by atoms with E-state index in [0.29, 0.717) is 54.8 Å². The molecule has 2 aromatic rings. The maximum atomic E-state index is 11.5. The second-order valence-corrected chi connectivity index (χ2v) is 12.8. The Labute approximate surface area is 261 Å². The molecule has 236 valence electrons. The lowest BCUT2D eigenvalue weighted by Crippen LogP contribution is -2.40. The number of anilines is 2. The summed E-state index contributed by atoms with van der Waals surface area (Å²) in [5.41, 5.74) is 6.32. The van der Waals surface area contributed by atoms with Gasteiger partial charge in [0.15, 0.2) is 0 Å². The Hall–Kier alpha value is -2.97. The Bertz CT molecular complexity index is 1200. The van der Waals surface area contributed by atoms with E-state index in [2.05, 4.69) is 33.6 Å². The molecule has 0 bridgehead atoms. The van der Waals surface area contributed by atoms with Crippen molar-refractivity contribution in [2.75, 3.05) is 44.0 Å². The van der Waals surface area contributed by atoms with Crippen molar-refractivity contribution in [1.29, 1.82) is 5.26 Å². The van der Waals surface area contributed by atoms with Gasteiger partial charge >= 0.3 is 5.97 Å². The number of hydrogen-bond donors (Lipinski definition) is 3. The zero-order valence-electron chi connectivity index (χ0n) is 26.0. The third kappa shape index (κ3) is 12.3. The largest absolute Gasteiger partial charge is 0.458 e. The maximum absolute atomic E-state index is 11.5. The molecule has 11 heteroatoms. The van der Waals surface area contributed by atoms with E-state index in [4.69, 9.17) is 31.5 Å². The second kappa shape index (κ2) is 16.8. The molecular formula is C32H47ClN6O4. The number of pyridine rings is 2. The highest BCUT2D eigenvalue weighted by molar-refractivity contribution is 6.33. The number of nitrogen functional groups attached to an aromatic ring is 1. The molecule has 4 rings (SSSR count). The molecule has 1 aliphatic heterocycles. The second-order valence-electron chi connectivity index (χ2n) is 12.4. The van der Waals surface area contributed by atoms with Crippen LogP contribution in [-0.4, -0.2) is 66.6 Å². The number of nitrogens with zero attached hydrogens (tertiary/aromatic N) is 3. The van der Waals surface area contributed by atoms with Crippen LogP contribution in [0.3, 0.4) is 0 Å². The van der Waals surface area contributed by atoms with Gasteiger partial charge in [0.2, 0.25) is 0 Å². The molecule has 1 aliphatic carbocycles. The van der Waals surface area contributed by atoms with E-state index < -0.39 is 11.0 Å². The maximum Gasteiger partial charge on any atom is 0.332 e. The van der Waals surface area contributed by atoms with Gasteiger partial charge in [0.25, 0.3) is 0 Å². The van der Waals surface area contributed by atoms with Gasteiger partial charge in [-0.3, -0.25) is 0 Å². The Morgan fingerprint density at radius 1 is 1.26 bits per heavy atom. The highest BCUT2D eigenvalue weighted by Crippen LogP contribution is 2.31. The molecule has 43 heavy (non-hydrogen) atoms. The lowest BCUT2D eigenvalue weighted by Gasteiger charge is -2.30. The molecule has 0 spiro atoms. The molecule has 4 N–H and O–H groups in total. The van der Waals surface area contributed by atoms with E-state index >= 15 is 0 Å². The fourth-order valence-electron chi connectivity index (χ4n) is 5.09. The average molecular weight is 615 g/mol. The molecule has 0 amide bonds. The van der Waals surface area contributed by atoms with Crippen LogP contribution < -0.4 is 16.4 Å². The number of carbonyl (C=O) groups excluding carboxylic acids is 1. The van der Waals surface area contributed by atoms with Gasteiger partial charge < -0.3 is 30.6 Å². The number of esters is 1. The number of nitrogens with two attached hydrogens (primary N) is 1. The smallest absolute Gasteiger partial charge is 0.332 e. The number of aromatic nitrogens is 2. The minimum atomic E-state index is -0.438. The standard InChI is InChI=1S/C17H18ClN5O.C15H29NO3/c18-13-9-21-15(20)8-12(13)14-2-1-3-16(23-14)22-11-17(10-19)4-6-24-7-5-17;1-12(16-13-8-6-5-7-9-13)10-18-11-14(17)19-15(2,3)4/h1-3,8-9H,4-7,11H2,(H2,20,21)(H,22,23);12-13,16H,5-11H2,1-4H3. The molecule has 0 aromatic carbocycles. The molecule has 1 saturated carbocycles. The Balaban J connectivity index is 0.000000243. The summed E-state index contributed by atoms with van der Waals surface area (Å²) in [5.74, 6) is 0.789. The molecule has 2 fully saturated rings. The lowest BCUT2D eigenvalue weighted by molar-refractivity contribution is -0.160. The zero-order chi connectivity index (χ0) is 31.3. The Morgan fingerprint density at radius 3 is 2.65 bits per heavy atom. The van der Waals surface area contributed by atoms with Gasteiger partial charge in [-0.1, -0.05) is 36.9 Å². The highest BCUT2D eigenvalue weighted by atomic mass is 35.5. The Morgan fingerprint density at radius 2 is 1.98 bits per heavy atom. The molecule has 1 saturated heterocycles. The van der Waals surface area contributed by atoms with Crippen LogP contribution in [0.4, 0.5) is 11.6 Å². The van der Waals surface area contributed by atoms with Crippen LogP contribution in [0.15, 0.2) is 30.5 Å². The fourth-order valence-corrected chi connectivity index (χ4v) is 5.29. The monoisotopic (exact) mass is 614 g/mol. The van der Waals surface area contributed by atoms with Gasteiger partial charge in [-0.2, -0.15) is 5.26 Å². The van der Waals surface area contributed by atoms with Gasteiger partial charge in [0, 0.05) is 43.6 Å². The SMILES string of the molecule is CC(COCC(=O)OC(C)(C)C)NC1CCCCC1.N#CC1(CNc2cccc(-c3cc(N)ncc3Cl)n2)CCOCC1. The summed E-state index contributed by atoms with van der Waals surface area (Å²) in [6.45, 7) is 10.0. The topological polar surface area (TPSA) is 144 Å². The van der Waals surface area contributed by atoms with Gasteiger partial charge in [0.1, 0.15) is 23.8 Å². The number of carbonyl (C=O) groups is 1. The fraction of sp³-hybridized carbons (Fsp3) is 0.625. The van der Waals surface area contributed by atoms with Crippen LogP contribution in [-0.2, 0) is 19.0 Å². The number of ether oxygens (including phenoxy) is 3. The van der Waals surface area contributed by atoms with Crippen LogP contribution in [0.1, 0.15) is 72.6 Å². The number of nitriles is 1. The van der Waals surface area contributed by atoms with Crippen molar-refractivity contribution >= 4 is 29.2 Å². The first-order chi connectivity index (χ1) is 20.5. The van der Waals surface area contributed by atoms with Crippen LogP contribution >= 0.6 is 11.6 Å². The van der Waals surface area contributed by atoms with Crippen molar-refractivity contribution in [1.82, 2.24) is 15.3 Å². The normalized spacial score (nSPS) is 17.6. The average Bonchev–Trinajstić information content (AvgIpc) is 2.98. The first kappa shape index (κ1) is 34.5. The summed E-state index contributed by atoms with van der Waals surface area (Å²) in [6, 6.07) is 10.7. The lowest BCUT2D eigenvalue weighted by atomic mass is 9.82. The van der Waals surface area contributed by atoms with Crippen molar-refractivity contribution in [2.45, 2.75) is 90.3 Å². The van der Waals surface area contributed by atoms with Gasteiger partial charge in [0.05, 0.1) is 28.8 Å². The van der Waals surface area contributed by atoms with E-state index in [1.807, 2.05) is 39.0 Å². The minimum Gasteiger partial charge on any atom is -0.458 e. The van der Waals surface area contributed by atoms with Gasteiger partial charge in [-0.05, 0) is 71.6 Å². The van der Waals surface area contributed by atoms with E-state index in [9.17, 15) is 10.1 Å².